The summed E-state index contributed by atoms with van der Waals surface area (Å²) in [5.74, 6) is 0.0993. The number of unbranched alkanes of at least 4 members (excludes halogenated alkanes) is 2. The van der Waals surface area contributed by atoms with Gasteiger partial charge in [-0.2, -0.15) is 0 Å². The van der Waals surface area contributed by atoms with E-state index in [4.69, 9.17) is 16.3 Å². The Labute approximate surface area is 162 Å². The van der Waals surface area contributed by atoms with E-state index in [9.17, 15) is 9.59 Å². The summed E-state index contributed by atoms with van der Waals surface area (Å²) in [7, 11) is 3.93. The summed E-state index contributed by atoms with van der Waals surface area (Å²) in [6.07, 6.45) is 4.42. The number of benzene rings is 1. The number of ether oxygens (including phenoxy) is 1. The van der Waals surface area contributed by atoms with Gasteiger partial charge in [0.25, 0.3) is 6.47 Å². The molecule has 0 amide bonds. The highest BCUT2D eigenvalue weighted by atomic mass is 35.5. The fourth-order valence-corrected chi connectivity index (χ4v) is 3.59. The zero-order chi connectivity index (χ0) is 19.6. The van der Waals surface area contributed by atoms with Crippen molar-refractivity contribution in [2.75, 3.05) is 26.5 Å². The first-order chi connectivity index (χ1) is 12.3. The van der Waals surface area contributed by atoms with Crippen molar-refractivity contribution < 1.29 is 14.3 Å². The SMILES string of the molecule is Cc1cccc(C(C)(CCCCCC(CN(C)C)OC=O)C(=O)CCl)c1. The van der Waals surface area contributed by atoms with Gasteiger partial charge in [0.05, 0.1) is 11.3 Å². The largest absolute Gasteiger partial charge is 0.463 e. The van der Waals surface area contributed by atoms with Crippen LogP contribution in [0, 0.1) is 6.92 Å². The van der Waals surface area contributed by atoms with E-state index < -0.39 is 5.41 Å². The van der Waals surface area contributed by atoms with Gasteiger partial charge in [0, 0.05) is 6.54 Å². The zero-order valence-electron chi connectivity index (χ0n) is 16.5. The third kappa shape index (κ3) is 7.08. The van der Waals surface area contributed by atoms with Crippen LogP contribution >= 0.6 is 11.6 Å². The molecule has 0 aliphatic rings. The number of rotatable bonds is 13. The normalized spacial score (nSPS) is 14.7. The molecule has 5 heteroatoms. The van der Waals surface area contributed by atoms with Crippen LogP contribution in [-0.2, 0) is 19.7 Å². The monoisotopic (exact) mass is 381 g/mol. The first-order valence-corrected chi connectivity index (χ1v) is 9.77. The Kier molecular flexibility index (Phi) is 9.89. The molecule has 0 spiro atoms. The lowest BCUT2D eigenvalue weighted by Gasteiger charge is -2.28. The number of hydrogen-bond acceptors (Lipinski definition) is 4. The van der Waals surface area contributed by atoms with Gasteiger partial charge in [-0.05, 0) is 52.8 Å². The number of hydrogen-bond donors (Lipinski definition) is 0. The second-order valence-electron chi connectivity index (χ2n) is 7.47. The second kappa shape index (κ2) is 11.3. The summed E-state index contributed by atoms with van der Waals surface area (Å²) in [4.78, 5) is 25.2. The average molecular weight is 382 g/mol. The third-order valence-corrected chi connectivity index (χ3v) is 5.15. The van der Waals surface area contributed by atoms with Crippen LogP contribution in [-0.4, -0.2) is 49.8 Å². The average Bonchev–Trinajstić information content (AvgIpc) is 2.60. The number of likely N-dealkylation sites (N-methyl/N-ethyl adjacent to an activating group) is 1. The number of carbonyl (C=O) groups excluding carboxylic acids is 2. The lowest BCUT2D eigenvalue weighted by atomic mass is 9.74. The lowest BCUT2D eigenvalue weighted by molar-refractivity contribution is -0.134. The molecule has 4 nitrogen and oxygen atoms in total. The predicted molar refractivity (Wildman–Crippen MR) is 107 cm³/mol. The van der Waals surface area contributed by atoms with Crippen molar-refractivity contribution in [3.63, 3.8) is 0 Å². The molecule has 1 aromatic carbocycles. The van der Waals surface area contributed by atoms with Crippen LogP contribution in [0.5, 0.6) is 0 Å². The van der Waals surface area contributed by atoms with Crippen molar-refractivity contribution in [3.05, 3.63) is 35.4 Å². The van der Waals surface area contributed by atoms with Gasteiger partial charge in [-0.1, -0.05) is 42.7 Å². The molecule has 2 atom stereocenters. The predicted octanol–water partition coefficient (Wildman–Crippen LogP) is 4.11. The molecule has 1 aromatic rings. The smallest absolute Gasteiger partial charge is 0.293 e. The van der Waals surface area contributed by atoms with Crippen molar-refractivity contribution >= 4 is 23.9 Å². The zero-order valence-corrected chi connectivity index (χ0v) is 17.2. The Balaban J connectivity index is 2.60. The van der Waals surface area contributed by atoms with E-state index in [1.807, 2.05) is 51.0 Å². The molecule has 0 N–H and O–H groups in total. The summed E-state index contributed by atoms with van der Waals surface area (Å²) < 4.78 is 5.14. The van der Waals surface area contributed by atoms with Crippen LogP contribution in [0.1, 0.15) is 50.2 Å². The van der Waals surface area contributed by atoms with Crippen LogP contribution in [0.15, 0.2) is 24.3 Å². The minimum atomic E-state index is -0.546. The third-order valence-electron chi connectivity index (χ3n) is 4.91. The molecular weight excluding hydrogens is 350 g/mol. The molecule has 0 heterocycles. The number of nitrogens with zero attached hydrogens (tertiary/aromatic N) is 1. The van der Waals surface area contributed by atoms with Crippen LogP contribution in [0.25, 0.3) is 0 Å². The minimum Gasteiger partial charge on any atom is -0.463 e. The van der Waals surface area contributed by atoms with Gasteiger partial charge in [-0.3, -0.25) is 9.59 Å². The number of ketones is 1. The van der Waals surface area contributed by atoms with E-state index in [0.717, 1.165) is 49.8 Å². The minimum absolute atomic E-state index is 0.0303. The molecule has 0 radical (unpaired) electrons. The highest BCUT2D eigenvalue weighted by molar-refractivity contribution is 6.29. The molecule has 0 aromatic heterocycles. The van der Waals surface area contributed by atoms with Gasteiger partial charge in [-0.25, -0.2) is 0 Å². The Morgan fingerprint density at radius 3 is 2.62 bits per heavy atom. The molecular formula is C21H32ClNO3. The Hall–Kier alpha value is -1.39. The van der Waals surface area contributed by atoms with Crippen LogP contribution in [0.3, 0.4) is 0 Å². The standard InChI is InChI=1S/C21H32ClNO3/c1-17-9-8-10-18(13-17)21(2,20(25)14-22)12-7-5-6-11-19(26-16-24)15-23(3)4/h8-10,13,16,19H,5-7,11-12,14-15H2,1-4H3. The molecule has 0 aliphatic carbocycles. The van der Waals surface area contributed by atoms with Gasteiger partial charge >= 0.3 is 0 Å². The maximum Gasteiger partial charge on any atom is 0.293 e. The van der Waals surface area contributed by atoms with Gasteiger partial charge in [0.2, 0.25) is 0 Å². The molecule has 0 saturated carbocycles. The lowest BCUT2D eigenvalue weighted by Crippen LogP contribution is -2.34. The van der Waals surface area contributed by atoms with Crippen LogP contribution in [0.2, 0.25) is 0 Å². The maximum absolute atomic E-state index is 12.5. The molecule has 0 bridgehead atoms. The first kappa shape index (κ1) is 22.7. The quantitative estimate of drug-likeness (QED) is 0.293. The van der Waals surface area contributed by atoms with Crippen molar-refractivity contribution in [1.29, 1.82) is 0 Å². The molecule has 0 fully saturated rings. The Morgan fingerprint density at radius 2 is 2.04 bits per heavy atom. The molecule has 1 rings (SSSR count). The van der Waals surface area contributed by atoms with E-state index in [-0.39, 0.29) is 17.8 Å². The fourth-order valence-electron chi connectivity index (χ4n) is 3.30. The van der Waals surface area contributed by atoms with Gasteiger partial charge in [0.15, 0.2) is 5.78 Å². The summed E-state index contributed by atoms with van der Waals surface area (Å²) >= 11 is 5.89. The number of alkyl halides is 1. The summed E-state index contributed by atoms with van der Waals surface area (Å²) in [5.41, 5.74) is 1.64. The van der Waals surface area contributed by atoms with Crippen molar-refractivity contribution in [2.45, 2.75) is 57.5 Å². The van der Waals surface area contributed by atoms with Gasteiger partial charge < -0.3 is 9.64 Å². The summed E-state index contributed by atoms with van der Waals surface area (Å²) in [6, 6.07) is 8.12. The van der Waals surface area contributed by atoms with Crippen LogP contribution in [0.4, 0.5) is 0 Å². The Bertz CT molecular complexity index is 576. The number of aryl methyl sites for hydroxylation is 1. The molecule has 0 aliphatic heterocycles. The van der Waals surface area contributed by atoms with Crippen molar-refractivity contribution in [1.82, 2.24) is 4.90 Å². The van der Waals surface area contributed by atoms with E-state index >= 15 is 0 Å². The Morgan fingerprint density at radius 1 is 1.31 bits per heavy atom. The first-order valence-electron chi connectivity index (χ1n) is 9.23. The summed E-state index contributed by atoms with van der Waals surface area (Å²) in [5, 5.41) is 0. The number of Topliss-reactive ketones (excluding diaryl/α,β-unsaturated/α-hetero) is 1. The fraction of sp³-hybridized carbons (Fsp3) is 0.619. The molecule has 0 saturated heterocycles. The highest BCUT2D eigenvalue weighted by Gasteiger charge is 2.33. The summed E-state index contributed by atoms with van der Waals surface area (Å²) in [6.45, 7) is 5.29. The topological polar surface area (TPSA) is 46.6 Å². The van der Waals surface area contributed by atoms with Gasteiger partial charge in [0.1, 0.15) is 6.10 Å². The highest BCUT2D eigenvalue weighted by Crippen LogP contribution is 2.32. The van der Waals surface area contributed by atoms with E-state index in [1.54, 1.807) is 0 Å². The van der Waals surface area contributed by atoms with E-state index in [1.165, 1.54) is 0 Å². The van der Waals surface area contributed by atoms with Crippen LogP contribution < -0.4 is 0 Å². The van der Waals surface area contributed by atoms with E-state index in [0.29, 0.717) is 6.47 Å². The molecule has 26 heavy (non-hydrogen) atoms. The number of carbonyl (C=O) groups is 2. The molecule has 146 valence electrons. The maximum atomic E-state index is 12.5. The molecule has 2 unspecified atom stereocenters. The van der Waals surface area contributed by atoms with Gasteiger partial charge in [-0.15, -0.1) is 11.6 Å². The van der Waals surface area contributed by atoms with Crippen molar-refractivity contribution in [2.24, 2.45) is 0 Å². The second-order valence-corrected chi connectivity index (χ2v) is 7.74. The van der Waals surface area contributed by atoms with Crippen molar-refractivity contribution in [3.8, 4) is 0 Å². The van der Waals surface area contributed by atoms with E-state index in [2.05, 4.69) is 6.07 Å². The number of halogens is 1.